The molecule has 0 spiro atoms. The topological polar surface area (TPSA) is 64.8 Å². The smallest absolute Gasteiger partial charge is 0.260 e. The molecule has 0 radical (unpaired) electrons. The van der Waals surface area contributed by atoms with Crippen LogP contribution in [0.4, 0.5) is 10.1 Å². The Bertz CT molecular complexity index is 736. The summed E-state index contributed by atoms with van der Waals surface area (Å²) in [5.74, 6) is -0.147. The molecule has 6 heteroatoms. The SMILES string of the molecule is COc1ccc(CN2C[C@@H](C(N)=O)Oc3ccccc32)cc1F. The Morgan fingerprint density at radius 2 is 2.17 bits per heavy atom. The van der Waals surface area contributed by atoms with Crippen LogP contribution in [0.5, 0.6) is 11.5 Å². The van der Waals surface area contributed by atoms with Crippen LogP contribution in [0.3, 0.4) is 0 Å². The number of nitrogens with two attached hydrogens (primary N) is 1. The molecule has 23 heavy (non-hydrogen) atoms. The van der Waals surface area contributed by atoms with Crippen LogP contribution in [-0.2, 0) is 11.3 Å². The van der Waals surface area contributed by atoms with Crippen molar-refractivity contribution in [2.24, 2.45) is 5.73 Å². The number of nitrogens with zero attached hydrogens (tertiary/aromatic N) is 1. The van der Waals surface area contributed by atoms with Crippen molar-refractivity contribution in [2.45, 2.75) is 12.6 Å². The van der Waals surface area contributed by atoms with Gasteiger partial charge in [-0.25, -0.2) is 4.39 Å². The normalized spacial score (nSPS) is 16.4. The predicted octanol–water partition coefficient (Wildman–Crippen LogP) is 2.09. The average molecular weight is 316 g/mol. The van der Waals surface area contributed by atoms with Crippen LogP contribution in [0.1, 0.15) is 5.56 Å². The Morgan fingerprint density at radius 3 is 2.87 bits per heavy atom. The molecule has 2 aromatic rings. The van der Waals surface area contributed by atoms with Crippen molar-refractivity contribution in [3.05, 3.63) is 53.8 Å². The highest BCUT2D eigenvalue weighted by molar-refractivity contribution is 5.81. The summed E-state index contributed by atoms with van der Waals surface area (Å²) in [4.78, 5) is 13.4. The van der Waals surface area contributed by atoms with E-state index in [0.29, 0.717) is 18.8 Å². The fraction of sp³-hybridized carbons (Fsp3) is 0.235. The first-order valence-corrected chi connectivity index (χ1v) is 7.21. The van der Waals surface area contributed by atoms with E-state index < -0.39 is 17.8 Å². The fourth-order valence-electron chi connectivity index (χ4n) is 2.63. The first kappa shape index (κ1) is 15.1. The molecule has 1 amide bonds. The zero-order valence-corrected chi connectivity index (χ0v) is 12.7. The molecule has 1 aliphatic rings. The monoisotopic (exact) mass is 316 g/mol. The zero-order valence-electron chi connectivity index (χ0n) is 12.7. The third kappa shape index (κ3) is 3.06. The maximum Gasteiger partial charge on any atom is 0.260 e. The van der Waals surface area contributed by atoms with Crippen molar-refractivity contribution in [3.8, 4) is 11.5 Å². The van der Waals surface area contributed by atoms with Crippen LogP contribution in [0, 0.1) is 5.82 Å². The lowest BCUT2D eigenvalue weighted by molar-refractivity contribution is -0.124. The third-order valence-corrected chi connectivity index (χ3v) is 3.77. The number of primary amides is 1. The van der Waals surface area contributed by atoms with E-state index in [4.69, 9.17) is 15.2 Å². The molecular formula is C17H17FN2O3. The highest BCUT2D eigenvalue weighted by Gasteiger charge is 2.29. The maximum absolute atomic E-state index is 13.9. The number of carbonyl (C=O) groups excluding carboxylic acids is 1. The van der Waals surface area contributed by atoms with E-state index in [1.807, 2.05) is 23.1 Å². The van der Waals surface area contributed by atoms with Gasteiger partial charge in [0.2, 0.25) is 0 Å². The van der Waals surface area contributed by atoms with E-state index in [0.717, 1.165) is 11.3 Å². The molecule has 0 saturated heterocycles. The van der Waals surface area contributed by atoms with Crippen LogP contribution in [0.2, 0.25) is 0 Å². The molecule has 0 saturated carbocycles. The molecule has 0 unspecified atom stereocenters. The van der Waals surface area contributed by atoms with Crippen molar-refractivity contribution in [3.63, 3.8) is 0 Å². The Hall–Kier alpha value is -2.76. The van der Waals surface area contributed by atoms with Crippen molar-refractivity contribution < 1.29 is 18.7 Å². The summed E-state index contributed by atoms with van der Waals surface area (Å²) in [5, 5.41) is 0. The highest BCUT2D eigenvalue weighted by Crippen LogP contribution is 2.34. The van der Waals surface area contributed by atoms with Crippen molar-refractivity contribution in [1.29, 1.82) is 0 Å². The van der Waals surface area contributed by atoms with Crippen molar-refractivity contribution in [1.82, 2.24) is 0 Å². The molecule has 0 fully saturated rings. The number of benzene rings is 2. The first-order chi connectivity index (χ1) is 11.1. The average Bonchev–Trinajstić information content (AvgIpc) is 2.55. The molecule has 0 bridgehead atoms. The summed E-state index contributed by atoms with van der Waals surface area (Å²) in [5.41, 5.74) is 6.99. The number of hydrogen-bond acceptors (Lipinski definition) is 4. The quantitative estimate of drug-likeness (QED) is 0.938. The number of hydrogen-bond donors (Lipinski definition) is 1. The summed E-state index contributed by atoms with van der Waals surface area (Å²) >= 11 is 0. The fourth-order valence-corrected chi connectivity index (χ4v) is 2.63. The predicted molar refractivity (Wildman–Crippen MR) is 84.1 cm³/mol. The van der Waals surface area contributed by atoms with Gasteiger partial charge < -0.3 is 20.1 Å². The standard InChI is InChI=1S/C17H17FN2O3/c1-22-14-7-6-11(8-12(14)18)9-20-10-16(17(19)21)23-15-5-3-2-4-13(15)20/h2-8,16H,9-10H2,1H3,(H2,19,21)/t16-/m0/s1. The van der Waals surface area contributed by atoms with Gasteiger partial charge in [-0.2, -0.15) is 0 Å². The summed E-state index contributed by atoms with van der Waals surface area (Å²) < 4.78 is 24.4. The van der Waals surface area contributed by atoms with E-state index in [2.05, 4.69) is 0 Å². The molecule has 1 heterocycles. The lowest BCUT2D eigenvalue weighted by Gasteiger charge is -2.35. The number of carbonyl (C=O) groups is 1. The number of fused-ring (bicyclic) bond motifs is 1. The molecule has 1 aliphatic heterocycles. The number of halogens is 1. The number of ether oxygens (including phenoxy) is 2. The van der Waals surface area contributed by atoms with Gasteiger partial charge in [0.15, 0.2) is 17.7 Å². The molecule has 0 aliphatic carbocycles. The van der Waals surface area contributed by atoms with Gasteiger partial charge in [-0.1, -0.05) is 18.2 Å². The van der Waals surface area contributed by atoms with Crippen LogP contribution < -0.4 is 20.1 Å². The van der Waals surface area contributed by atoms with E-state index >= 15 is 0 Å². The molecule has 3 rings (SSSR count). The van der Waals surface area contributed by atoms with Crippen molar-refractivity contribution in [2.75, 3.05) is 18.6 Å². The van der Waals surface area contributed by atoms with Gasteiger partial charge in [-0.15, -0.1) is 0 Å². The number of rotatable bonds is 4. The Kier molecular flexibility index (Phi) is 4.06. The van der Waals surface area contributed by atoms with E-state index in [1.165, 1.54) is 13.2 Å². The molecule has 0 aromatic heterocycles. The summed E-state index contributed by atoms with van der Waals surface area (Å²) in [6, 6.07) is 12.2. The van der Waals surface area contributed by atoms with Gasteiger partial charge in [-0.05, 0) is 29.8 Å². The van der Waals surface area contributed by atoms with E-state index in [-0.39, 0.29) is 5.75 Å². The maximum atomic E-state index is 13.9. The van der Waals surface area contributed by atoms with E-state index in [9.17, 15) is 9.18 Å². The molecular weight excluding hydrogens is 299 g/mol. The molecule has 2 N–H and O–H groups in total. The molecule has 2 aromatic carbocycles. The first-order valence-electron chi connectivity index (χ1n) is 7.21. The second kappa shape index (κ2) is 6.16. The minimum atomic E-state index is -0.729. The van der Waals surface area contributed by atoms with Gasteiger partial charge in [0.05, 0.1) is 19.3 Å². The van der Waals surface area contributed by atoms with Crippen LogP contribution in [-0.4, -0.2) is 25.7 Å². The van der Waals surface area contributed by atoms with Gasteiger partial charge >= 0.3 is 0 Å². The summed E-state index contributed by atoms with van der Waals surface area (Å²) in [6.07, 6.45) is -0.729. The van der Waals surface area contributed by atoms with Gasteiger partial charge in [0.25, 0.3) is 5.91 Å². The number of methoxy groups -OCH3 is 1. The minimum Gasteiger partial charge on any atom is -0.494 e. The Balaban J connectivity index is 1.89. The largest absolute Gasteiger partial charge is 0.494 e. The lowest BCUT2D eigenvalue weighted by Crippen LogP contribution is -2.46. The molecule has 120 valence electrons. The number of amides is 1. The molecule has 1 atom stereocenters. The third-order valence-electron chi connectivity index (χ3n) is 3.77. The zero-order chi connectivity index (χ0) is 16.4. The highest BCUT2D eigenvalue weighted by atomic mass is 19.1. The Labute approximate surface area is 133 Å². The minimum absolute atomic E-state index is 0.200. The second-order valence-electron chi connectivity index (χ2n) is 5.33. The van der Waals surface area contributed by atoms with Gasteiger partial charge in [-0.3, -0.25) is 4.79 Å². The van der Waals surface area contributed by atoms with Gasteiger partial charge in [0.1, 0.15) is 5.75 Å². The van der Waals surface area contributed by atoms with Crippen LogP contribution in [0.15, 0.2) is 42.5 Å². The van der Waals surface area contributed by atoms with E-state index in [1.54, 1.807) is 18.2 Å². The van der Waals surface area contributed by atoms with Crippen LogP contribution >= 0.6 is 0 Å². The van der Waals surface area contributed by atoms with Gasteiger partial charge in [0, 0.05) is 6.54 Å². The lowest BCUT2D eigenvalue weighted by atomic mass is 10.1. The van der Waals surface area contributed by atoms with Crippen LogP contribution in [0.25, 0.3) is 0 Å². The number of anilines is 1. The Morgan fingerprint density at radius 1 is 1.39 bits per heavy atom. The second-order valence-corrected chi connectivity index (χ2v) is 5.33. The molecule has 5 nitrogen and oxygen atoms in total. The number of para-hydroxylation sites is 2. The summed E-state index contributed by atoms with van der Waals surface area (Å²) in [7, 11) is 1.42. The summed E-state index contributed by atoms with van der Waals surface area (Å²) in [6.45, 7) is 0.755. The van der Waals surface area contributed by atoms with Crippen molar-refractivity contribution >= 4 is 11.6 Å².